The van der Waals surface area contributed by atoms with E-state index in [0.29, 0.717) is 35.9 Å². The number of hydrogen-bond donors (Lipinski definition) is 1. The van der Waals surface area contributed by atoms with Crippen molar-refractivity contribution in [2.45, 2.75) is 6.18 Å². The van der Waals surface area contributed by atoms with E-state index in [4.69, 9.17) is 9.47 Å². The molecule has 158 valence electrons. The first-order valence-electron chi connectivity index (χ1n) is 9.03. The number of carbonyl (C=O) groups excluding carboxylic acids is 1. The number of carbonyl (C=O) groups is 1. The van der Waals surface area contributed by atoms with E-state index in [1.54, 1.807) is 49.3 Å². The van der Waals surface area contributed by atoms with Gasteiger partial charge in [0, 0.05) is 31.6 Å². The van der Waals surface area contributed by atoms with Gasteiger partial charge in [-0.2, -0.15) is 18.3 Å². The SMILES string of the molecule is COCCOc1ccc(NC(=O)c2ccccc2C(F)(F)F)cc1-c1ccnn1C. The summed E-state index contributed by atoms with van der Waals surface area (Å²) in [5.41, 5.74) is 0.232. The normalized spacial score (nSPS) is 11.4. The summed E-state index contributed by atoms with van der Waals surface area (Å²) >= 11 is 0. The molecule has 1 N–H and O–H groups in total. The number of rotatable bonds is 7. The third-order valence-electron chi connectivity index (χ3n) is 4.36. The van der Waals surface area contributed by atoms with E-state index in [1.165, 1.54) is 12.1 Å². The molecule has 3 rings (SSSR count). The van der Waals surface area contributed by atoms with Crippen LogP contribution in [0, 0.1) is 0 Å². The van der Waals surface area contributed by atoms with Gasteiger partial charge in [-0.3, -0.25) is 9.48 Å². The van der Waals surface area contributed by atoms with Crippen LogP contribution in [-0.2, 0) is 18.0 Å². The lowest BCUT2D eigenvalue weighted by Gasteiger charge is -2.15. The number of aryl methyl sites for hydroxylation is 1. The quantitative estimate of drug-likeness (QED) is 0.577. The Morgan fingerprint density at radius 1 is 1.13 bits per heavy atom. The third-order valence-corrected chi connectivity index (χ3v) is 4.36. The predicted octanol–water partition coefficient (Wildman–Crippen LogP) is 4.38. The van der Waals surface area contributed by atoms with E-state index < -0.39 is 23.2 Å². The van der Waals surface area contributed by atoms with E-state index >= 15 is 0 Å². The Bertz CT molecular complexity index is 1030. The van der Waals surface area contributed by atoms with Gasteiger partial charge < -0.3 is 14.8 Å². The van der Waals surface area contributed by atoms with Crippen LogP contribution >= 0.6 is 0 Å². The van der Waals surface area contributed by atoms with E-state index in [-0.39, 0.29) is 0 Å². The summed E-state index contributed by atoms with van der Waals surface area (Å²) in [6.07, 6.45) is -3.02. The summed E-state index contributed by atoms with van der Waals surface area (Å²) in [5.74, 6) is -0.323. The number of hydrogen-bond acceptors (Lipinski definition) is 4. The van der Waals surface area contributed by atoms with Gasteiger partial charge in [-0.15, -0.1) is 0 Å². The molecular weight excluding hydrogens is 399 g/mol. The van der Waals surface area contributed by atoms with Crippen molar-refractivity contribution in [2.24, 2.45) is 7.05 Å². The average Bonchev–Trinajstić information content (AvgIpc) is 3.14. The summed E-state index contributed by atoms with van der Waals surface area (Å²) < 4.78 is 52.0. The van der Waals surface area contributed by atoms with Gasteiger partial charge in [0.2, 0.25) is 0 Å². The Balaban J connectivity index is 1.92. The van der Waals surface area contributed by atoms with Crippen molar-refractivity contribution in [1.29, 1.82) is 0 Å². The largest absolute Gasteiger partial charge is 0.490 e. The lowest BCUT2D eigenvalue weighted by atomic mass is 10.1. The fourth-order valence-corrected chi connectivity index (χ4v) is 2.93. The predicted molar refractivity (Wildman–Crippen MR) is 105 cm³/mol. The lowest BCUT2D eigenvalue weighted by molar-refractivity contribution is -0.137. The van der Waals surface area contributed by atoms with Crippen molar-refractivity contribution in [1.82, 2.24) is 9.78 Å². The van der Waals surface area contributed by atoms with Crippen LogP contribution < -0.4 is 10.1 Å². The number of benzene rings is 2. The average molecular weight is 419 g/mol. The molecule has 0 saturated carbocycles. The van der Waals surface area contributed by atoms with Gasteiger partial charge >= 0.3 is 6.18 Å². The molecule has 1 amide bonds. The maximum absolute atomic E-state index is 13.2. The number of methoxy groups -OCH3 is 1. The zero-order valence-electron chi connectivity index (χ0n) is 16.4. The summed E-state index contributed by atoms with van der Waals surface area (Å²) in [4.78, 5) is 12.6. The molecule has 0 saturated heterocycles. The number of ether oxygens (including phenoxy) is 2. The van der Waals surface area contributed by atoms with Crippen LogP contribution in [-0.4, -0.2) is 36.0 Å². The molecule has 6 nitrogen and oxygen atoms in total. The molecule has 0 atom stereocenters. The zero-order valence-corrected chi connectivity index (χ0v) is 16.4. The number of nitrogens with zero attached hydrogens (tertiary/aromatic N) is 2. The highest BCUT2D eigenvalue weighted by molar-refractivity contribution is 6.05. The van der Waals surface area contributed by atoms with Crippen LogP contribution in [0.4, 0.5) is 18.9 Å². The van der Waals surface area contributed by atoms with Gasteiger partial charge in [0.1, 0.15) is 12.4 Å². The Kier molecular flexibility index (Phi) is 6.41. The van der Waals surface area contributed by atoms with Gasteiger partial charge in [-0.05, 0) is 36.4 Å². The van der Waals surface area contributed by atoms with Crippen molar-refractivity contribution in [3.8, 4) is 17.0 Å². The van der Waals surface area contributed by atoms with Gasteiger partial charge in [0.15, 0.2) is 0 Å². The highest BCUT2D eigenvalue weighted by atomic mass is 19.4. The molecule has 3 aromatic rings. The molecule has 0 bridgehead atoms. The van der Waals surface area contributed by atoms with Crippen molar-refractivity contribution in [3.63, 3.8) is 0 Å². The molecule has 1 heterocycles. The number of halogens is 3. The van der Waals surface area contributed by atoms with Crippen molar-refractivity contribution in [3.05, 3.63) is 65.9 Å². The van der Waals surface area contributed by atoms with Gasteiger partial charge in [0.05, 0.1) is 23.4 Å². The van der Waals surface area contributed by atoms with Crippen molar-refractivity contribution in [2.75, 3.05) is 25.6 Å². The van der Waals surface area contributed by atoms with Crippen LogP contribution in [0.3, 0.4) is 0 Å². The van der Waals surface area contributed by atoms with Crippen LogP contribution in [0.5, 0.6) is 5.75 Å². The van der Waals surface area contributed by atoms with Crippen molar-refractivity contribution >= 4 is 11.6 Å². The fraction of sp³-hybridized carbons (Fsp3) is 0.238. The van der Waals surface area contributed by atoms with Crippen LogP contribution in [0.25, 0.3) is 11.3 Å². The second-order valence-corrected chi connectivity index (χ2v) is 6.39. The summed E-state index contributed by atoms with van der Waals surface area (Å²) in [7, 11) is 3.31. The highest BCUT2D eigenvalue weighted by Gasteiger charge is 2.34. The number of anilines is 1. The molecule has 0 fully saturated rings. The second-order valence-electron chi connectivity index (χ2n) is 6.39. The smallest absolute Gasteiger partial charge is 0.417 e. The topological polar surface area (TPSA) is 65.4 Å². The Morgan fingerprint density at radius 2 is 1.90 bits per heavy atom. The van der Waals surface area contributed by atoms with E-state index in [9.17, 15) is 18.0 Å². The molecule has 0 spiro atoms. The van der Waals surface area contributed by atoms with Crippen LogP contribution in [0.1, 0.15) is 15.9 Å². The Morgan fingerprint density at radius 3 is 2.57 bits per heavy atom. The molecule has 30 heavy (non-hydrogen) atoms. The molecule has 0 aliphatic heterocycles. The molecule has 9 heteroatoms. The number of aromatic nitrogens is 2. The van der Waals surface area contributed by atoms with Gasteiger partial charge in [-0.1, -0.05) is 12.1 Å². The minimum Gasteiger partial charge on any atom is -0.490 e. The van der Waals surface area contributed by atoms with Crippen molar-refractivity contribution < 1.29 is 27.4 Å². The number of nitrogens with one attached hydrogen (secondary N) is 1. The maximum atomic E-state index is 13.2. The molecule has 2 aromatic carbocycles. The Labute approximate surface area is 171 Å². The van der Waals surface area contributed by atoms with E-state index in [0.717, 1.165) is 12.1 Å². The first-order chi connectivity index (χ1) is 14.3. The first-order valence-corrected chi connectivity index (χ1v) is 9.03. The standard InChI is InChI=1S/C21H20F3N3O3/c1-27-18(9-10-25-27)16-13-14(7-8-19(16)30-12-11-29-2)26-20(28)15-5-3-4-6-17(15)21(22,23)24/h3-10,13H,11-12H2,1-2H3,(H,26,28). The summed E-state index contributed by atoms with van der Waals surface area (Å²) in [5, 5.41) is 6.67. The molecule has 0 aliphatic carbocycles. The minimum atomic E-state index is -4.63. The second kappa shape index (κ2) is 9.00. The fourth-order valence-electron chi connectivity index (χ4n) is 2.93. The van der Waals surface area contributed by atoms with Gasteiger partial charge in [0.25, 0.3) is 5.91 Å². The molecule has 0 radical (unpaired) electrons. The first kappa shape index (κ1) is 21.4. The van der Waals surface area contributed by atoms with Gasteiger partial charge in [-0.25, -0.2) is 0 Å². The summed E-state index contributed by atoms with van der Waals surface area (Å²) in [6, 6.07) is 11.3. The van der Waals surface area contributed by atoms with E-state index in [2.05, 4.69) is 10.4 Å². The Hall–Kier alpha value is -3.33. The number of amides is 1. The summed E-state index contributed by atoms with van der Waals surface area (Å²) in [6.45, 7) is 0.698. The maximum Gasteiger partial charge on any atom is 0.417 e. The monoisotopic (exact) mass is 419 g/mol. The lowest BCUT2D eigenvalue weighted by Crippen LogP contribution is -2.18. The van der Waals surface area contributed by atoms with Crippen LogP contribution in [0.2, 0.25) is 0 Å². The molecule has 0 aliphatic rings. The third kappa shape index (κ3) is 4.80. The highest BCUT2D eigenvalue weighted by Crippen LogP contribution is 2.34. The van der Waals surface area contributed by atoms with Crippen LogP contribution in [0.15, 0.2) is 54.7 Å². The number of alkyl halides is 3. The zero-order chi connectivity index (χ0) is 21.7. The molecule has 1 aromatic heterocycles. The van der Waals surface area contributed by atoms with E-state index in [1.807, 2.05) is 0 Å². The molecular formula is C21H20F3N3O3. The molecule has 0 unspecified atom stereocenters. The minimum absolute atomic E-state index is 0.312.